The summed E-state index contributed by atoms with van der Waals surface area (Å²) >= 11 is 1.82. The van der Waals surface area contributed by atoms with Gasteiger partial charge in [0.2, 0.25) is 0 Å². The number of rotatable bonds is 4. The molecular weight excluding hydrogens is 268 g/mol. The predicted octanol–water partition coefficient (Wildman–Crippen LogP) is 3.23. The average molecular weight is 290 g/mol. The van der Waals surface area contributed by atoms with Gasteiger partial charge in [-0.05, 0) is 43.7 Å². The van der Waals surface area contributed by atoms with E-state index < -0.39 is 0 Å². The van der Waals surface area contributed by atoms with Crippen molar-refractivity contribution in [2.24, 2.45) is 0 Å². The Kier molecular flexibility index (Phi) is 4.17. The molecule has 20 heavy (non-hydrogen) atoms. The van der Waals surface area contributed by atoms with Gasteiger partial charge >= 0.3 is 0 Å². The molecule has 108 valence electrons. The highest BCUT2D eigenvalue weighted by atomic mass is 32.1. The topological polar surface area (TPSA) is 42.7 Å². The molecule has 0 fully saturated rings. The first kappa shape index (κ1) is 13.8. The molecule has 0 spiro atoms. The number of hydrogen-bond acceptors (Lipinski definition) is 4. The molecule has 1 atom stereocenters. The molecule has 2 aromatic rings. The maximum absolute atomic E-state index is 4.42. The number of hydrogen-bond donors (Lipinski definition) is 1. The maximum Gasteiger partial charge on any atom is 0.149 e. The van der Waals surface area contributed by atoms with Crippen LogP contribution < -0.4 is 5.32 Å². The van der Waals surface area contributed by atoms with E-state index in [1.54, 1.807) is 0 Å². The lowest BCUT2D eigenvalue weighted by Crippen LogP contribution is -2.22. The maximum atomic E-state index is 4.42. The summed E-state index contributed by atoms with van der Waals surface area (Å²) in [5.74, 6) is 2.26. The first-order valence-electron chi connectivity index (χ1n) is 7.44. The summed E-state index contributed by atoms with van der Waals surface area (Å²) < 4.78 is 2.33. The van der Waals surface area contributed by atoms with Crippen LogP contribution >= 0.6 is 11.3 Å². The number of aryl methyl sites for hydroxylation is 2. The average Bonchev–Trinajstić information content (AvgIpc) is 2.96. The van der Waals surface area contributed by atoms with Gasteiger partial charge < -0.3 is 9.88 Å². The van der Waals surface area contributed by atoms with Crippen LogP contribution in [0.5, 0.6) is 0 Å². The van der Waals surface area contributed by atoms with E-state index in [2.05, 4.69) is 45.4 Å². The van der Waals surface area contributed by atoms with Gasteiger partial charge in [-0.3, -0.25) is 0 Å². The van der Waals surface area contributed by atoms with Crippen molar-refractivity contribution >= 4 is 11.3 Å². The molecule has 2 aromatic heterocycles. The summed E-state index contributed by atoms with van der Waals surface area (Å²) in [6.07, 6.45) is 4.87. The lowest BCUT2D eigenvalue weighted by molar-refractivity contribution is 0.503. The van der Waals surface area contributed by atoms with Crippen molar-refractivity contribution in [2.45, 2.75) is 58.7 Å². The molecule has 0 aliphatic carbocycles. The van der Waals surface area contributed by atoms with Crippen molar-refractivity contribution in [3.8, 4) is 0 Å². The molecule has 1 aliphatic heterocycles. The van der Waals surface area contributed by atoms with Gasteiger partial charge in [0, 0.05) is 24.4 Å². The third kappa shape index (κ3) is 2.79. The van der Waals surface area contributed by atoms with Gasteiger partial charge in [0.25, 0.3) is 0 Å². The zero-order valence-corrected chi connectivity index (χ0v) is 13.0. The van der Waals surface area contributed by atoms with E-state index in [1.807, 2.05) is 11.3 Å². The highest BCUT2D eigenvalue weighted by molar-refractivity contribution is 7.10. The van der Waals surface area contributed by atoms with Crippen LogP contribution in [0.2, 0.25) is 0 Å². The molecule has 3 rings (SSSR count). The fourth-order valence-electron chi connectivity index (χ4n) is 2.75. The number of nitrogens with one attached hydrogen (secondary N) is 1. The molecule has 3 heterocycles. The van der Waals surface area contributed by atoms with Gasteiger partial charge in [-0.2, -0.15) is 0 Å². The van der Waals surface area contributed by atoms with Gasteiger partial charge in [0.15, 0.2) is 0 Å². The molecule has 1 aliphatic rings. The smallest absolute Gasteiger partial charge is 0.149 e. The van der Waals surface area contributed by atoms with Crippen LogP contribution in [0.1, 0.15) is 54.3 Å². The van der Waals surface area contributed by atoms with Crippen LogP contribution in [0.25, 0.3) is 0 Å². The minimum Gasteiger partial charge on any atom is -0.314 e. The summed E-state index contributed by atoms with van der Waals surface area (Å²) in [4.78, 5) is 1.41. The Balaban J connectivity index is 1.69. The number of nitrogens with zero attached hydrogens (tertiary/aromatic N) is 3. The summed E-state index contributed by atoms with van der Waals surface area (Å²) in [5, 5.41) is 14.5. The van der Waals surface area contributed by atoms with E-state index in [0.29, 0.717) is 0 Å². The fourth-order valence-corrected chi connectivity index (χ4v) is 3.61. The minimum absolute atomic E-state index is 0.246. The first-order valence-corrected chi connectivity index (χ1v) is 8.32. The summed E-state index contributed by atoms with van der Waals surface area (Å²) in [5.41, 5.74) is 1.37. The van der Waals surface area contributed by atoms with Crippen molar-refractivity contribution in [1.82, 2.24) is 20.1 Å². The molecule has 0 saturated carbocycles. The van der Waals surface area contributed by atoms with Gasteiger partial charge in [-0.15, -0.1) is 21.5 Å². The lowest BCUT2D eigenvalue weighted by atomic mass is 10.2. The summed E-state index contributed by atoms with van der Waals surface area (Å²) in [7, 11) is 0. The third-order valence-electron chi connectivity index (χ3n) is 4.06. The van der Waals surface area contributed by atoms with E-state index in [4.69, 9.17) is 0 Å². The predicted molar refractivity (Wildman–Crippen MR) is 81.9 cm³/mol. The molecule has 1 unspecified atom stereocenters. The van der Waals surface area contributed by atoms with Crippen molar-refractivity contribution < 1.29 is 0 Å². The van der Waals surface area contributed by atoms with Crippen molar-refractivity contribution in [2.75, 3.05) is 0 Å². The van der Waals surface area contributed by atoms with E-state index in [0.717, 1.165) is 25.3 Å². The lowest BCUT2D eigenvalue weighted by Gasteiger charge is -2.15. The highest BCUT2D eigenvalue weighted by Gasteiger charge is 2.19. The Hall–Kier alpha value is -1.20. The molecular formula is C15H22N4S. The molecule has 0 aromatic carbocycles. The number of aromatic nitrogens is 3. The Labute approximate surface area is 124 Å². The van der Waals surface area contributed by atoms with Gasteiger partial charge in [-0.25, -0.2) is 0 Å². The SMILES string of the molecule is Cc1ccsc1CNC(C)c1nnc2n1CCCCC2. The summed E-state index contributed by atoms with van der Waals surface area (Å²) in [6.45, 7) is 6.33. The summed E-state index contributed by atoms with van der Waals surface area (Å²) in [6, 6.07) is 2.42. The third-order valence-corrected chi connectivity index (χ3v) is 5.09. The van der Waals surface area contributed by atoms with Crippen molar-refractivity contribution in [3.05, 3.63) is 33.5 Å². The van der Waals surface area contributed by atoms with Crippen LogP contribution in [0.3, 0.4) is 0 Å². The second kappa shape index (κ2) is 6.06. The van der Waals surface area contributed by atoms with Crippen molar-refractivity contribution in [3.63, 3.8) is 0 Å². The largest absolute Gasteiger partial charge is 0.314 e. The second-order valence-electron chi connectivity index (χ2n) is 5.57. The molecule has 0 saturated heterocycles. The van der Waals surface area contributed by atoms with Crippen LogP contribution in [-0.2, 0) is 19.5 Å². The zero-order chi connectivity index (χ0) is 13.9. The molecule has 0 amide bonds. The monoisotopic (exact) mass is 290 g/mol. The molecule has 1 N–H and O–H groups in total. The molecule has 0 bridgehead atoms. The van der Waals surface area contributed by atoms with Crippen LogP contribution in [0.4, 0.5) is 0 Å². The molecule has 5 heteroatoms. The number of thiophene rings is 1. The minimum atomic E-state index is 0.246. The standard InChI is InChI=1S/C15H22N4S/c1-11-7-9-20-13(11)10-16-12(2)15-18-17-14-6-4-3-5-8-19(14)15/h7,9,12,16H,3-6,8,10H2,1-2H3. The Bertz CT molecular complexity index is 572. The first-order chi connectivity index (χ1) is 9.75. The number of fused-ring (bicyclic) bond motifs is 1. The molecule has 0 radical (unpaired) electrons. The Morgan fingerprint density at radius 2 is 2.25 bits per heavy atom. The normalized spacial score (nSPS) is 16.7. The Morgan fingerprint density at radius 3 is 3.05 bits per heavy atom. The van der Waals surface area contributed by atoms with E-state index in [9.17, 15) is 0 Å². The van der Waals surface area contributed by atoms with Crippen LogP contribution in [-0.4, -0.2) is 14.8 Å². The zero-order valence-electron chi connectivity index (χ0n) is 12.2. The van der Waals surface area contributed by atoms with Gasteiger partial charge in [0.1, 0.15) is 11.6 Å². The molecule has 4 nitrogen and oxygen atoms in total. The Morgan fingerprint density at radius 1 is 1.35 bits per heavy atom. The highest BCUT2D eigenvalue weighted by Crippen LogP contribution is 2.20. The second-order valence-corrected chi connectivity index (χ2v) is 6.57. The van der Waals surface area contributed by atoms with Crippen LogP contribution in [0, 0.1) is 6.92 Å². The van der Waals surface area contributed by atoms with E-state index >= 15 is 0 Å². The fraction of sp³-hybridized carbons (Fsp3) is 0.600. The van der Waals surface area contributed by atoms with Gasteiger partial charge in [-0.1, -0.05) is 6.42 Å². The van der Waals surface area contributed by atoms with Gasteiger partial charge in [0.05, 0.1) is 6.04 Å². The quantitative estimate of drug-likeness (QED) is 0.940. The van der Waals surface area contributed by atoms with E-state index in [-0.39, 0.29) is 6.04 Å². The van der Waals surface area contributed by atoms with E-state index in [1.165, 1.54) is 35.5 Å². The van der Waals surface area contributed by atoms with Crippen LogP contribution in [0.15, 0.2) is 11.4 Å². The van der Waals surface area contributed by atoms with Crippen molar-refractivity contribution in [1.29, 1.82) is 0 Å².